The Morgan fingerprint density at radius 2 is 1.49 bits per heavy atom. The maximum absolute atomic E-state index is 4.12. The molecule has 4 nitrogen and oxygen atoms in total. The molecule has 0 radical (unpaired) electrons. The fourth-order valence-electron chi connectivity index (χ4n) is 11.4. The third kappa shape index (κ3) is 2.91. The Hall–Kier alpha value is -1.10. The van der Waals surface area contributed by atoms with Gasteiger partial charge in [-0.2, -0.15) is 0 Å². The van der Waals surface area contributed by atoms with Crippen molar-refractivity contribution < 1.29 is 0 Å². The largest absolute Gasteiger partial charge is 0.365 e. The number of benzene rings is 1. The molecule has 8 rings (SSSR count). The number of hydrogen-bond acceptors (Lipinski definition) is 4. The van der Waals surface area contributed by atoms with E-state index in [1.54, 1.807) is 0 Å². The SMILES string of the molecule is CC1(C)C2CCCNC2N2C3NCCCC3C3C4C5CCCCC5N(c5ccccc5)C4CC1C32. The molecule has 1 aromatic rings. The number of nitrogens with one attached hydrogen (secondary N) is 2. The first-order chi connectivity index (χ1) is 17.2. The lowest BCUT2D eigenvalue weighted by molar-refractivity contribution is -0.143. The summed E-state index contributed by atoms with van der Waals surface area (Å²) in [7, 11) is 0. The zero-order chi connectivity index (χ0) is 23.3. The van der Waals surface area contributed by atoms with Gasteiger partial charge in [-0.25, -0.2) is 0 Å². The molecular weight excluding hydrogens is 428 g/mol. The molecule has 0 amide bonds. The summed E-state index contributed by atoms with van der Waals surface area (Å²) in [4.78, 5) is 6.10. The summed E-state index contributed by atoms with van der Waals surface area (Å²) in [6, 6.07) is 13.9. The van der Waals surface area contributed by atoms with Crippen LogP contribution in [0.15, 0.2) is 30.3 Å². The molecule has 190 valence electrons. The Bertz CT molecular complexity index is 947. The topological polar surface area (TPSA) is 30.5 Å². The summed E-state index contributed by atoms with van der Waals surface area (Å²) in [5.41, 5.74) is 1.93. The van der Waals surface area contributed by atoms with E-state index in [1.165, 1.54) is 76.6 Å². The molecule has 7 aliphatic rings. The van der Waals surface area contributed by atoms with Crippen molar-refractivity contribution in [3.8, 4) is 0 Å². The average molecular weight is 475 g/mol. The van der Waals surface area contributed by atoms with Crippen LogP contribution in [0.4, 0.5) is 5.69 Å². The zero-order valence-corrected chi connectivity index (χ0v) is 21.9. The standard InChI is InChI=1S/C31H46N4/c1-31(2)22-14-9-17-33-30(22)35-28-23(31)18-25-26(27(28)21-13-8-16-32-29(21)35)20-12-6-7-15-24(20)34(25)19-10-4-3-5-11-19/h3-5,10-11,20-30,32-33H,6-9,12-18H2,1-2H3. The van der Waals surface area contributed by atoms with Crippen LogP contribution in [0.5, 0.6) is 0 Å². The van der Waals surface area contributed by atoms with Crippen LogP contribution in [0.2, 0.25) is 0 Å². The number of hydrogen-bond donors (Lipinski definition) is 2. The molecule has 0 bridgehead atoms. The lowest BCUT2D eigenvalue weighted by Crippen LogP contribution is -2.71. The van der Waals surface area contributed by atoms with Crippen LogP contribution in [0.25, 0.3) is 0 Å². The van der Waals surface area contributed by atoms with Crippen molar-refractivity contribution in [3.05, 3.63) is 30.3 Å². The predicted molar refractivity (Wildman–Crippen MR) is 142 cm³/mol. The third-order valence-corrected chi connectivity index (χ3v) is 12.5. The smallest absolute Gasteiger partial charge is 0.0647 e. The summed E-state index contributed by atoms with van der Waals surface area (Å²) >= 11 is 0. The summed E-state index contributed by atoms with van der Waals surface area (Å²) in [6.45, 7) is 7.80. The van der Waals surface area contributed by atoms with Crippen LogP contribution in [0, 0.1) is 40.9 Å². The normalized spacial score (nSPS) is 50.0. The van der Waals surface area contributed by atoms with Crippen molar-refractivity contribution in [2.24, 2.45) is 40.9 Å². The lowest BCUT2D eigenvalue weighted by atomic mass is 9.51. The number of piperidine rings is 3. The minimum Gasteiger partial charge on any atom is -0.365 e. The molecule has 7 fully saturated rings. The second-order valence-corrected chi connectivity index (χ2v) is 13.9. The molecule has 11 unspecified atom stereocenters. The fraction of sp³-hybridized carbons (Fsp3) is 0.806. The molecule has 4 heteroatoms. The second-order valence-electron chi connectivity index (χ2n) is 13.9. The van der Waals surface area contributed by atoms with Gasteiger partial charge < -0.3 is 15.5 Å². The number of fused-ring (bicyclic) bond motifs is 9. The minimum atomic E-state index is 0.409. The van der Waals surface area contributed by atoms with Gasteiger partial charge in [0.15, 0.2) is 0 Å². The molecule has 2 aliphatic carbocycles. The van der Waals surface area contributed by atoms with E-state index < -0.39 is 0 Å². The zero-order valence-electron chi connectivity index (χ0n) is 21.9. The first-order valence-electron chi connectivity index (χ1n) is 15.2. The highest BCUT2D eigenvalue weighted by molar-refractivity contribution is 5.51. The maximum atomic E-state index is 4.12. The van der Waals surface area contributed by atoms with Crippen molar-refractivity contribution >= 4 is 5.69 Å². The average Bonchev–Trinajstić information content (AvgIpc) is 3.41. The van der Waals surface area contributed by atoms with Gasteiger partial charge in [0.05, 0.1) is 12.3 Å². The quantitative estimate of drug-likeness (QED) is 0.596. The van der Waals surface area contributed by atoms with Crippen LogP contribution in [-0.2, 0) is 0 Å². The van der Waals surface area contributed by atoms with Crippen molar-refractivity contribution in [3.63, 3.8) is 0 Å². The van der Waals surface area contributed by atoms with Crippen LogP contribution in [0.1, 0.15) is 71.6 Å². The molecule has 0 aromatic heterocycles. The van der Waals surface area contributed by atoms with Gasteiger partial charge in [-0.3, -0.25) is 4.90 Å². The number of rotatable bonds is 1. The van der Waals surface area contributed by atoms with Gasteiger partial charge in [0.1, 0.15) is 0 Å². The van der Waals surface area contributed by atoms with E-state index in [1.807, 2.05) is 0 Å². The Morgan fingerprint density at radius 3 is 2.34 bits per heavy atom. The number of para-hydroxylation sites is 1. The van der Waals surface area contributed by atoms with Crippen molar-refractivity contribution in [1.82, 2.24) is 15.5 Å². The number of nitrogens with zero attached hydrogens (tertiary/aromatic N) is 2. The predicted octanol–water partition coefficient (Wildman–Crippen LogP) is 5.06. The van der Waals surface area contributed by atoms with Crippen LogP contribution < -0.4 is 15.5 Å². The first-order valence-corrected chi connectivity index (χ1v) is 15.2. The van der Waals surface area contributed by atoms with Gasteiger partial charge in [0.2, 0.25) is 0 Å². The molecule has 2 N–H and O–H groups in total. The maximum Gasteiger partial charge on any atom is 0.0647 e. The fourth-order valence-corrected chi connectivity index (χ4v) is 11.4. The molecule has 5 saturated heterocycles. The molecule has 1 aromatic carbocycles. The Balaban J connectivity index is 1.28. The summed E-state index contributed by atoms with van der Waals surface area (Å²) in [5.74, 6) is 5.11. The number of anilines is 1. The van der Waals surface area contributed by atoms with Gasteiger partial charge in [-0.05, 0) is 111 Å². The molecule has 35 heavy (non-hydrogen) atoms. The van der Waals surface area contributed by atoms with Gasteiger partial charge in [-0.15, -0.1) is 0 Å². The van der Waals surface area contributed by atoms with E-state index in [9.17, 15) is 0 Å². The molecule has 5 aliphatic heterocycles. The Labute approximate surface area is 212 Å². The van der Waals surface area contributed by atoms with Gasteiger partial charge >= 0.3 is 0 Å². The summed E-state index contributed by atoms with van der Waals surface area (Å²) in [6.07, 6.45) is 14.0. The summed E-state index contributed by atoms with van der Waals surface area (Å²) in [5, 5.41) is 8.22. The van der Waals surface area contributed by atoms with E-state index in [2.05, 4.69) is 64.6 Å². The van der Waals surface area contributed by atoms with Crippen LogP contribution in [0.3, 0.4) is 0 Å². The van der Waals surface area contributed by atoms with E-state index in [-0.39, 0.29) is 0 Å². The van der Waals surface area contributed by atoms with E-state index >= 15 is 0 Å². The Morgan fingerprint density at radius 1 is 0.743 bits per heavy atom. The molecule has 11 atom stereocenters. The van der Waals surface area contributed by atoms with E-state index in [0.29, 0.717) is 17.7 Å². The minimum absolute atomic E-state index is 0.409. The molecule has 5 heterocycles. The van der Waals surface area contributed by atoms with Gasteiger partial charge in [0, 0.05) is 23.8 Å². The first kappa shape index (κ1) is 21.9. The van der Waals surface area contributed by atoms with Crippen LogP contribution in [-0.4, -0.2) is 48.4 Å². The highest BCUT2D eigenvalue weighted by Crippen LogP contribution is 2.66. The van der Waals surface area contributed by atoms with Crippen molar-refractivity contribution in [2.75, 3.05) is 18.0 Å². The van der Waals surface area contributed by atoms with E-state index in [4.69, 9.17) is 0 Å². The Kier molecular flexibility index (Phi) is 4.98. The van der Waals surface area contributed by atoms with Crippen molar-refractivity contribution in [1.29, 1.82) is 0 Å². The molecule has 0 spiro atoms. The second kappa shape index (κ2) is 7.95. The molecular formula is C31H46N4. The summed E-state index contributed by atoms with van der Waals surface area (Å²) < 4.78 is 0. The van der Waals surface area contributed by atoms with Gasteiger partial charge in [-0.1, -0.05) is 44.9 Å². The highest BCUT2D eigenvalue weighted by Gasteiger charge is 2.70. The monoisotopic (exact) mass is 474 g/mol. The lowest BCUT2D eigenvalue weighted by Gasteiger charge is -2.63. The van der Waals surface area contributed by atoms with Crippen LogP contribution >= 0.6 is 0 Å². The molecule has 2 saturated carbocycles. The van der Waals surface area contributed by atoms with Gasteiger partial charge in [0.25, 0.3) is 0 Å². The highest BCUT2D eigenvalue weighted by atomic mass is 15.4. The van der Waals surface area contributed by atoms with E-state index in [0.717, 1.165) is 53.6 Å². The third-order valence-electron chi connectivity index (χ3n) is 12.5. The van der Waals surface area contributed by atoms with Crippen molar-refractivity contribution in [2.45, 2.75) is 102 Å².